The number of thioether (sulfide) groups is 1. The van der Waals surface area contributed by atoms with Gasteiger partial charge in [0.25, 0.3) is 0 Å². The standard InChI is InChI=1S/C14H24N2S/c1-9-5-6-17-14(15-9)16-10(2)13-8-11-3-4-12(13)7-11/h9-13H,3-8H2,1-2H3,(H,15,16). The molecule has 0 aromatic heterocycles. The van der Waals surface area contributed by atoms with Crippen LogP contribution in [0.4, 0.5) is 0 Å². The van der Waals surface area contributed by atoms with Gasteiger partial charge in [-0.3, -0.25) is 4.99 Å². The third kappa shape index (κ3) is 2.49. The molecule has 1 heterocycles. The molecule has 2 nitrogen and oxygen atoms in total. The maximum Gasteiger partial charge on any atom is 0.157 e. The van der Waals surface area contributed by atoms with Crippen molar-refractivity contribution < 1.29 is 0 Å². The summed E-state index contributed by atoms with van der Waals surface area (Å²) in [7, 11) is 0. The van der Waals surface area contributed by atoms with E-state index in [9.17, 15) is 0 Å². The Morgan fingerprint density at radius 2 is 2.18 bits per heavy atom. The molecule has 0 amide bonds. The van der Waals surface area contributed by atoms with Crippen LogP contribution in [0.2, 0.25) is 0 Å². The molecule has 0 aromatic carbocycles. The van der Waals surface area contributed by atoms with Gasteiger partial charge in [-0.1, -0.05) is 18.2 Å². The van der Waals surface area contributed by atoms with Crippen LogP contribution in [0.15, 0.2) is 4.99 Å². The van der Waals surface area contributed by atoms with Gasteiger partial charge in [-0.25, -0.2) is 0 Å². The fourth-order valence-corrected chi connectivity index (χ4v) is 5.09. The summed E-state index contributed by atoms with van der Waals surface area (Å²) in [5, 5.41) is 4.90. The van der Waals surface area contributed by atoms with Crippen LogP contribution in [-0.2, 0) is 0 Å². The lowest BCUT2D eigenvalue weighted by Crippen LogP contribution is -2.40. The number of aliphatic imine (C=N–C) groups is 1. The van der Waals surface area contributed by atoms with E-state index in [1.807, 2.05) is 11.8 Å². The minimum atomic E-state index is 0.519. The first-order chi connectivity index (χ1) is 8.22. The topological polar surface area (TPSA) is 24.4 Å². The number of amidine groups is 1. The molecule has 5 atom stereocenters. The highest BCUT2D eigenvalue weighted by Gasteiger charge is 2.42. The van der Waals surface area contributed by atoms with Crippen molar-refractivity contribution in [2.75, 3.05) is 5.75 Å². The van der Waals surface area contributed by atoms with Gasteiger partial charge in [-0.15, -0.1) is 0 Å². The zero-order valence-electron chi connectivity index (χ0n) is 11.0. The van der Waals surface area contributed by atoms with E-state index in [2.05, 4.69) is 19.2 Å². The molecule has 5 unspecified atom stereocenters. The molecule has 2 saturated carbocycles. The number of nitrogens with zero attached hydrogens (tertiary/aromatic N) is 1. The highest BCUT2D eigenvalue weighted by atomic mass is 32.2. The highest BCUT2D eigenvalue weighted by molar-refractivity contribution is 8.13. The molecule has 2 fully saturated rings. The number of rotatable bonds is 2. The largest absolute Gasteiger partial charge is 0.362 e. The Morgan fingerprint density at radius 1 is 1.29 bits per heavy atom. The van der Waals surface area contributed by atoms with Gasteiger partial charge in [-0.05, 0) is 57.3 Å². The van der Waals surface area contributed by atoms with Crippen LogP contribution in [0, 0.1) is 17.8 Å². The molecule has 3 aliphatic rings. The predicted molar refractivity (Wildman–Crippen MR) is 75.5 cm³/mol. The molecule has 0 spiro atoms. The summed E-state index contributed by atoms with van der Waals surface area (Å²) in [5.74, 6) is 4.20. The lowest BCUT2D eigenvalue weighted by molar-refractivity contribution is 0.279. The van der Waals surface area contributed by atoms with Crippen molar-refractivity contribution in [1.82, 2.24) is 5.32 Å². The molecule has 0 radical (unpaired) electrons. The Labute approximate surface area is 109 Å². The first-order valence-electron chi connectivity index (χ1n) is 7.19. The summed E-state index contributed by atoms with van der Waals surface area (Å²) in [4.78, 5) is 4.72. The van der Waals surface area contributed by atoms with Crippen molar-refractivity contribution in [2.45, 2.75) is 58.0 Å². The van der Waals surface area contributed by atoms with E-state index in [0.717, 1.165) is 17.8 Å². The smallest absolute Gasteiger partial charge is 0.157 e. The van der Waals surface area contributed by atoms with Gasteiger partial charge in [0, 0.05) is 11.8 Å². The third-order valence-electron chi connectivity index (χ3n) is 4.90. The Balaban J connectivity index is 1.58. The SMILES string of the molecule is CC1CCSC(NC(C)C2CC3CCC2C3)=N1. The van der Waals surface area contributed by atoms with Crippen molar-refractivity contribution in [3.63, 3.8) is 0 Å². The normalized spacial score (nSPS) is 42.4. The average molecular weight is 252 g/mol. The van der Waals surface area contributed by atoms with Crippen molar-refractivity contribution in [1.29, 1.82) is 0 Å². The summed E-state index contributed by atoms with van der Waals surface area (Å²) >= 11 is 1.91. The summed E-state index contributed by atoms with van der Waals surface area (Å²) in [6.45, 7) is 4.59. The number of hydrogen-bond donors (Lipinski definition) is 1. The van der Waals surface area contributed by atoms with Crippen molar-refractivity contribution >= 4 is 16.9 Å². The molecular formula is C14H24N2S. The first kappa shape index (κ1) is 11.9. The Kier molecular flexibility index (Phi) is 3.38. The molecule has 3 heteroatoms. The van der Waals surface area contributed by atoms with Crippen LogP contribution >= 0.6 is 11.8 Å². The van der Waals surface area contributed by atoms with Crippen LogP contribution in [0.3, 0.4) is 0 Å². The molecule has 2 bridgehead atoms. The van der Waals surface area contributed by atoms with Gasteiger partial charge in [0.15, 0.2) is 5.17 Å². The molecule has 0 saturated heterocycles. The average Bonchev–Trinajstić information content (AvgIpc) is 2.90. The second-order valence-electron chi connectivity index (χ2n) is 6.19. The maximum absolute atomic E-state index is 4.72. The molecular weight excluding hydrogens is 228 g/mol. The molecule has 1 aliphatic heterocycles. The zero-order chi connectivity index (χ0) is 11.8. The zero-order valence-corrected chi connectivity index (χ0v) is 11.8. The minimum Gasteiger partial charge on any atom is -0.362 e. The van der Waals surface area contributed by atoms with E-state index < -0.39 is 0 Å². The second-order valence-corrected chi connectivity index (χ2v) is 7.28. The van der Waals surface area contributed by atoms with E-state index in [4.69, 9.17) is 4.99 Å². The molecule has 1 N–H and O–H groups in total. The lowest BCUT2D eigenvalue weighted by Gasteiger charge is -2.30. The number of hydrogen-bond acceptors (Lipinski definition) is 3. The Hall–Kier alpha value is -0.180. The van der Waals surface area contributed by atoms with Crippen molar-refractivity contribution in [3.8, 4) is 0 Å². The Morgan fingerprint density at radius 3 is 2.82 bits per heavy atom. The van der Waals surface area contributed by atoms with Crippen LogP contribution < -0.4 is 5.32 Å². The van der Waals surface area contributed by atoms with Crippen molar-refractivity contribution in [2.24, 2.45) is 22.7 Å². The molecule has 3 rings (SSSR count). The van der Waals surface area contributed by atoms with E-state index in [1.165, 1.54) is 43.0 Å². The molecule has 2 aliphatic carbocycles. The van der Waals surface area contributed by atoms with E-state index >= 15 is 0 Å². The predicted octanol–water partition coefficient (Wildman–Crippen LogP) is 3.28. The van der Waals surface area contributed by atoms with E-state index in [1.54, 1.807) is 0 Å². The highest BCUT2D eigenvalue weighted by Crippen LogP contribution is 2.49. The minimum absolute atomic E-state index is 0.519. The molecule has 0 aromatic rings. The third-order valence-corrected chi connectivity index (χ3v) is 5.83. The van der Waals surface area contributed by atoms with Crippen molar-refractivity contribution in [3.05, 3.63) is 0 Å². The monoisotopic (exact) mass is 252 g/mol. The van der Waals surface area contributed by atoms with Crippen LogP contribution in [-0.4, -0.2) is 23.0 Å². The van der Waals surface area contributed by atoms with Gasteiger partial charge >= 0.3 is 0 Å². The summed E-state index contributed by atoms with van der Waals surface area (Å²) in [5.41, 5.74) is 0. The summed E-state index contributed by atoms with van der Waals surface area (Å²) in [6, 6.07) is 1.15. The van der Waals surface area contributed by atoms with Crippen LogP contribution in [0.25, 0.3) is 0 Å². The van der Waals surface area contributed by atoms with Gasteiger partial charge in [-0.2, -0.15) is 0 Å². The van der Waals surface area contributed by atoms with Gasteiger partial charge in [0.1, 0.15) is 0 Å². The fraction of sp³-hybridized carbons (Fsp3) is 0.929. The second kappa shape index (κ2) is 4.83. The van der Waals surface area contributed by atoms with Crippen LogP contribution in [0.5, 0.6) is 0 Å². The van der Waals surface area contributed by atoms with Gasteiger partial charge in [0.2, 0.25) is 0 Å². The first-order valence-corrected chi connectivity index (χ1v) is 8.18. The molecule has 96 valence electrons. The van der Waals surface area contributed by atoms with E-state index in [0.29, 0.717) is 12.1 Å². The van der Waals surface area contributed by atoms with Gasteiger partial charge < -0.3 is 5.32 Å². The quantitative estimate of drug-likeness (QED) is 0.815. The fourth-order valence-electron chi connectivity index (χ4n) is 3.92. The maximum atomic E-state index is 4.72. The van der Waals surface area contributed by atoms with Gasteiger partial charge in [0.05, 0.1) is 6.04 Å². The molecule has 17 heavy (non-hydrogen) atoms. The lowest BCUT2D eigenvalue weighted by atomic mass is 9.84. The van der Waals surface area contributed by atoms with E-state index in [-0.39, 0.29) is 0 Å². The number of nitrogens with one attached hydrogen (secondary N) is 1. The summed E-state index contributed by atoms with van der Waals surface area (Å²) in [6.07, 6.45) is 7.19. The summed E-state index contributed by atoms with van der Waals surface area (Å²) < 4.78 is 0. The number of fused-ring (bicyclic) bond motifs is 2. The van der Waals surface area contributed by atoms with Crippen LogP contribution in [0.1, 0.15) is 46.0 Å². The Bertz CT molecular complexity index is 315.